The number of carbonyl (C=O) groups is 3. The summed E-state index contributed by atoms with van der Waals surface area (Å²) in [6.45, 7) is -0.679. The highest BCUT2D eigenvalue weighted by molar-refractivity contribution is 5.92. The van der Waals surface area contributed by atoms with E-state index >= 15 is 0 Å². The zero-order chi connectivity index (χ0) is 11.4. The monoisotopic (exact) mass is 216 g/mol. The van der Waals surface area contributed by atoms with Crippen LogP contribution in [0.5, 0.6) is 0 Å². The quantitative estimate of drug-likeness (QED) is 0.426. The molecular weight excluding hydrogens is 204 g/mol. The molecule has 2 amide bonds. The van der Waals surface area contributed by atoms with Crippen molar-refractivity contribution in [3.8, 4) is 0 Å². The zero-order valence-corrected chi connectivity index (χ0v) is 7.90. The van der Waals surface area contributed by atoms with Crippen molar-refractivity contribution in [3.63, 3.8) is 0 Å². The molecule has 2 atom stereocenters. The second-order valence-corrected chi connectivity index (χ2v) is 3.24. The lowest BCUT2D eigenvalue weighted by Crippen LogP contribution is -2.50. The highest BCUT2D eigenvalue weighted by Crippen LogP contribution is 2.06. The summed E-state index contributed by atoms with van der Waals surface area (Å²) >= 11 is 0. The number of carboxylic acid groups (broad SMARTS) is 1. The minimum Gasteiger partial charge on any atom is -0.480 e. The summed E-state index contributed by atoms with van der Waals surface area (Å²) in [5.41, 5.74) is 0. The molecule has 4 N–H and O–H groups in total. The van der Waals surface area contributed by atoms with Crippen LogP contribution in [-0.4, -0.2) is 46.7 Å². The molecule has 0 aromatic rings. The van der Waals surface area contributed by atoms with Gasteiger partial charge in [-0.3, -0.25) is 9.59 Å². The average Bonchev–Trinajstić information content (AvgIpc) is 2.60. The Labute approximate surface area is 85.5 Å². The van der Waals surface area contributed by atoms with Gasteiger partial charge in [0, 0.05) is 6.42 Å². The van der Waals surface area contributed by atoms with E-state index in [2.05, 4.69) is 10.6 Å². The van der Waals surface area contributed by atoms with E-state index in [-0.39, 0.29) is 12.3 Å². The van der Waals surface area contributed by atoms with E-state index in [9.17, 15) is 14.4 Å². The fourth-order valence-electron chi connectivity index (χ4n) is 1.27. The van der Waals surface area contributed by atoms with E-state index < -0.39 is 30.6 Å². The van der Waals surface area contributed by atoms with Crippen molar-refractivity contribution in [2.45, 2.75) is 24.9 Å². The molecular formula is C8H12N2O5. The molecule has 1 aliphatic heterocycles. The van der Waals surface area contributed by atoms with Crippen molar-refractivity contribution < 1.29 is 24.6 Å². The molecule has 1 fully saturated rings. The Bertz CT molecular complexity index is 291. The van der Waals surface area contributed by atoms with Crippen LogP contribution in [0.3, 0.4) is 0 Å². The number of amides is 2. The van der Waals surface area contributed by atoms with Crippen molar-refractivity contribution in [1.82, 2.24) is 10.6 Å². The van der Waals surface area contributed by atoms with Crippen LogP contribution in [0.2, 0.25) is 0 Å². The maximum Gasteiger partial charge on any atom is 0.328 e. The number of carboxylic acids is 1. The van der Waals surface area contributed by atoms with E-state index in [0.717, 1.165) is 0 Å². The van der Waals surface area contributed by atoms with Gasteiger partial charge in [-0.25, -0.2) is 4.79 Å². The smallest absolute Gasteiger partial charge is 0.328 e. The Kier molecular flexibility index (Phi) is 3.62. The van der Waals surface area contributed by atoms with Gasteiger partial charge in [-0.1, -0.05) is 0 Å². The van der Waals surface area contributed by atoms with E-state index in [0.29, 0.717) is 6.42 Å². The lowest BCUT2D eigenvalue weighted by Gasteiger charge is -2.15. The third kappa shape index (κ3) is 2.91. The molecule has 7 nitrogen and oxygen atoms in total. The van der Waals surface area contributed by atoms with Crippen molar-refractivity contribution in [1.29, 1.82) is 0 Å². The van der Waals surface area contributed by atoms with Crippen LogP contribution in [-0.2, 0) is 14.4 Å². The minimum absolute atomic E-state index is 0.231. The lowest BCUT2D eigenvalue weighted by atomic mass is 10.2. The molecule has 0 saturated carbocycles. The van der Waals surface area contributed by atoms with Crippen LogP contribution in [0.25, 0.3) is 0 Å². The summed E-state index contributed by atoms with van der Waals surface area (Å²) in [4.78, 5) is 32.6. The SMILES string of the molecule is O=C1CC[C@@H](C(=O)NC(CO)C(=O)O)N1. The molecule has 7 heteroatoms. The second kappa shape index (κ2) is 4.74. The number of aliphatic carboxylic acids is 1. The third-order valence-corrected chi connectivity index (χ3v) is 2.11. The first-order valence-corrected chi connectivity index (χ1v) is 4.48. The summed E-state index contributed by atoms with van der Waals surface area (Å²) in [5, 5.41) is 21.7. The van der Waals surface area contributed by atoms with Gasteiger partial charge in [-0.2, -0.15) is 0 Å². The number of nitrogens with one attached hydrogen (secondary N) is 2. The van der Waals surface area contributed by atoms with Crippen molar-refractivity contribution in [2.75, 3.05) is 6.61 Å². The Balaban J connectivity index is 2.47. The number of aliphatic hydroxyl groups is 1. The van der Waals surface area contributed by atoms with Gasteiger partial charge in [-0.15, -0.1) is 0 Å². The Morgan fingerprint density at radius 1 is 1.60 bits per heavy atom. The van der Waals surface area contributed by atoms with Gasteiger partial charge in [0.1, 0.15) is 12.1 Å². The molecule has 0 aromatic heterocycles. The molecule has 1 unspecified atom stereocenters. The fraction of sp³-hybridized carbons (Fsp3) is 0.625. The van der Waals surface area contributed by atoms with Gasteiger partial charge in [0.2, 0.25) is 11.8 Å². The minimum atomic E-state index is -1.32. The maximum absolute atomic E-state index is 11.4. The average molecular weight is 216 g/mol. The molecule has 1 rings (SSSR count). The molecule has 15 heavy (non-hydrogen) atoms. The molecule has 84 valence electrons. The van der Waals surface area contributed by atoms with Crippen LogP contribution in [0, 0.1) is 0 Å². The van der Waals surface area contributed by atoms with Crippen LogP contribution in [0.4, 0.5) is 0 Å². The van der Waals surface area contributed by atoms with Crippen molar-refractivity contribution >= 4 is 17.8 Å². The van der Waals surface area contributed by atoms with Gasteiger partial charge < -0.3 is 20.8 Å². The highest BCUT2D eigenvalue weighted by atomic mass is 16.4. The number of aliphatic hydroxyl groups excluding tert-OH is 1. The van der Waals surface area contributed by atoms with Gasteiger partial charge >= 0.3 is 5.97 Å². The van der Waals surface area contributed by atoms with Gasteiger partial charge in [-0.05, 0) is 6.42 Å². The Hall–Kier alpha value is -1.63. The van der Waals surface area contributed by atoms with Crippen LogP contribution < -0.4 is 10.6 Å². The van der Waals surface area contributed by atoms with E-state index in [1.54, 1.807) is 0 Å². The summed E-state index contributed by atoms with van der Waals surface area (Å²) in [6.07, 6.45) is 0.609. The summed E-state index contributed by atoms with van der Waals surface area (Å²) in [6, 6.07) is -2.01. The fourth-order valence-corrected chi connectivity index (χ4v) is 1.27. The zero-order valence-electron chi connectivity index (χ0n) is 7.90. The standard InChI is InChI=1S/C8H12N2O5/c11-3-5(8(14)15)10-7(13)4-1-2-6(12)9-4/h4-5,11H,1-3H2,(H,9,12)(H,10,13)(H,14,15)/t4-,5?/m0/s1. The first-order chi connectivity index (χ1) is 7.04. The number of hydrogen-bond donors (Lipinski definition) is 4. The van der Waals surface area contributed by atoms with Gasteiger partial charge in [0.25, 0.3) is 0 Å². The predicted octanol–water partition coefficient (Wildman–Crippen LogP) is -2.17. The summed E-state index contributed by atoms with van der Waals surface area (Å²) in [7, 11) is 0. The molecule has 1 saturated heterocycles. The lowest BCUT2D eigenvalue weighted by molar-refractivity contribution is -0.143. The number of hydrogen-bond acceptors (Lipinski definition) is 4. The molecule has 0 aromatic carbocycles. The molecule has 1 heterocycles. The van der Waals surface area contributed by atoms with Crippen molar-refractivity contribution in [2.24, 2.45) is 0 Å². The Morgan fingerprint density at radius 3 is 2.67 bits per heavy atom. The molecule has 0 aliphatic carbocycles. The van der Waals surface area contributed by atoms with Crippen LogP contribution in [0.1, 0.15) is 12.8 Å². The molecule has 0 spiro atoms. The molecule has 0 bridgehead atoms. The summed E-state index contributed by atoms with van der Waals surface area (Å²) in [5.74, 6) is -2.12. The third-order valence-electron chi connectivity index (χ3n) is 2.11. The number of carbonyl (C=O) groups excluding carboxylic acids is 2. The van der Waals surface area contributed by atoms with Gasteiger partial charge in [0.05, 0.1) is 6.61 Å². The first kappa shape index (κ1) is 11.4. The van der Waals surface area contributed by atoms with Crippen molar-refractivity contribution in [3.05, 3.63) is 0 Å². The van der Waals surface area contributed by atoms with E-state index in [1.807, 2.05) is 0 Å². The highest BCUT2D eigenvalue weighted by Gasteiger charge is 2.29. The maximum atomic E-state index is 11.4. The van der Waals surface area contributed by atoms with Crippen LogP contribution in [0.15, 0.2) is 0 Å². The summed E-state index contributed by atoms with van der Waals surface area (Å²) < 4.78 is 0. The largest absolute Gasteiger partial charge is 0.480 e. The number of rotatable bonds is 4. The van der Waals surface area contributed by atoms with Gasteiger partial charge in [0.15, 0.2) is 0 Å². The van der Waals surface area contributed by atoms with Crippen LogP contribution >= 0.6 is 0 Å². The second-order valence-electron chi connectivity index (χ2n) is 3.24. The van der Waals surface area contributed by atoms with E-state index in [1.165, 1.54) is 0 Å². The first-order valence-electron chi connectivity index (χ1n) is 4.48. The molecule has 0 radical (unpaired) electrons. The Morgan fingerprint density at radius 2 is 2.27 bits per heavy atom. The normalized spacial score (nSPS) is 21.9. The topological polar surface area (TPSA) is 116 Å². The predicted molar refractivity (Wildman–Crippen MR) is 47.8 cm³/mol. The molecule has 1 aliphatic rings. The van der Waals surface area contributed by atoms with E-state index in [4.69, 9.17) is 10.2 Å².